The predicted molar refractivity (Wildman–Crippen MR) is 66.5 cm³/mol. The molecule has 1 aliphatic carbocycles. The maximum absolute atomic E-state index is 12.3. The number of carbonyl (C=O) groups is 1. The van der Waals surface area contributed by atoms with Gasteiger partial charge in [0.05, 0.1) is 12.3 Å². The quantitative estimate of drug-likeness (QED) is 0.804. The van der Waals surface area contributed by atoms with E-state index in [1.165, 1.54) is 19.3 Å². The summed E-state index contributed by atoms with van der Waals surface area (Å²) in [4.78, 5) is 14.1. The van der Waals surface area contributed by atoms with Crippen LogP contribution < -0.4 is 0 Å². The number of rotatable bonds is 3. The minimum Gasteiger partial charge on any atom is -0.467 e. The molecule has 2 rings (SSSR count). The van der Waals surface area contributed by atoms with Crippen LogP contribution in [0.25, 0.3) is 0 Å². The van der Waals surface area contributed by atoms with E-state index < -0.39 is 0 Å². The van der Waals surface area contributed by atoms with Gasteiger partial charge >= 0.3 is 0 Å². The van der Waals surface area contributed by atoms with Crippen molar-refractivity contribution in [1.82, 2.24) is 4.90 Å². The van der Waals surface area contributed by atoms with Crippen molar-refractivity contribution in [3.8, 4) is 0 Å². The molecular weight excluding hydrogens is 214 g/mol. The highest BCUT2D eigenvalue weighted by molar-refractivity contribution is 5.79. The lowest BCUT2D eigenvalue weighted by Gasteiger charge is -2.29. The maximum Gasteiger partial charge on any atom is 0.226 e. The van der Waals surface area contributed by atoms with Gasteiger partial charge < -0.3 is 9.32 Å². The van der Waals surface area contributed by atoms with Crippen molar-refractivity contribution in [3.63, 3.8) is 0 Å². The first-order valence-corrected chi connectivity index (χ1v) is 6.50. The summed E-state index contributed by atoms with van der Waals surface area (Å²) in [7, 11) is 1.88. The lowest BCUT2D eigenvalue weighted by Crippen LogP contribution is -2.35. The Bertz CT molecular complexity index is 352. The highest BCUT2D eigenvalue weighted by Gasteiger charge is 2.27. The molecule has 0 aromatic carbocycles. The zero-order valence-electron chi connectivity index (χ0n) is 10.7. The fraction of sp³-hybridized carbons (Fsp3) is 0.643. The summed E-state index contributed by atoms with van der Waals surface area (Å²) in [5, 5.41) is 0. The van der Waals surface area contributed by atoms with Gasteiger partial charge in [-0.25, -0.2) is 0 Å². The molecule has 0 spiro atoms. The van der Waals surface area contributed by atoms with E-state index in [0.717, 1.165) is 18.6 Å². The minimum atomic E-state index is 0.0272. The second kappa shape index (κ2) is 5.39. The molecule has 17 heavy (non-hydrogen) atoms. The summed E-state index contributed by atoms with van der Waals surface area (Å²) < 4.78 is 5.36. The molecule has 1 heterocycles. The second-order valence-corrected chi connectivity index (χ2v) is 4.98. The van der Waals surface area contributed by atoms with E-state index >= 15 is 0 Å². The van der Waals surface area contributed by atoms with Gasteiger partial charge in [-0.2, -0.15) is 0 Å². The van der Waals surface area contributed by atoms with Gasteiger partial charge in [-0.05, 0) is 31.9 Å². The van der Waals surface area contributed by atoms with Crippen LogP contribution in [0.3, 0.4) is 0 Å². The molecule has 1 aromatic heterocycles. The van der Waals surface area contributed by atoms with Crippen LogP contribution >= 0.6 is 0 Å². The Morgan fingerprint density at radius 3 is 2.71 bits per heavy atom. The first kappa shape index (κ1) is 12.2. The molecule has 1 aromatic rings. The summed E-state index contributed by atoms with van der Waals surface area (Å²) in [6.45, 7) is 2.01. The standard InChI is InChI=1S/C14H21NO2/c1-11(13-9-6-10-17-13)15(2)14(16)12-7-4-3-5-8-12/h6,9-12H,3-5,7-8H2,1-2H3. The molecule has 1 aliphatic rings. The third kappa shape index (κ3) is 2.71. The lowest BCUT2D eigenvalue weighted by atomic mass is 9.88. The summed E-state index contributed by atoms with van der Waals surface area (Å²) >= 11 is 0. The van der Waals surface area contributed by atoms with E-state index in [1.54, 1.807) is 6.26 Å². The number of nitrogens with zero attached hydrogens (tertiary/aromatic N) is 1. The number of carbonyl (C=O) groups excluding carboxylic acids is 1. The molecule has 0 bridgehead atoms. The Morgan fingerprint density at radius 2 is 2.12 bits per heavy atom. The van der Waals surface area contributed by atoms with E-state index in [4.69, 9.17) is 4.42 Å². The molecule has 1 atom stereocenters. The molecule has 0 N–H and O–H groups in total. The second-order valence-electron chi connectivity index (χ2n) is 4.98. The van der Waals surface area contributed by atoms with Crippen molar-refractivity contribution in [2.75, 3.05) is 7.05 Å². The number of furan rings is 1. The Kier molecular flexibility index (Phi) is 3.87. The predicted octanol–water partition coefficient (Wildman–Crippen LogP) is 3.38. The zero-order chi connectivity index (χ0) is 12.3. The van der Waals surface area contributed by atoms with E-state index in [1.807, 2.05) is 31.0 Å². The Balaban J connectivity index is 1.98. The average Bonchev–Trinajstić information content (AvgIpc) is 2.91. The first-order valence-electron chi connectivity index (χ1n) is 6.50. The summed E-state index contributed by atoms with van der Waals surface area (Å²) in [6.07, 6.45) is 7.42. The van der Waals surface area contributed by atoms with Crippen molar-refractivity contribution in [2.45, 2.75) is 45.1 Å². The van der Waals surface area contributed by atoms with Crippen LogP contribution in [0.2, 0.25) is 0 Å². The monoisotopic (exact) mass is 235 g/mol. The minimum absolute atomic E-state index is 0.0272. The van der Waals surface area contributed by atoms with Crippen LogP contribution in [0.4, 0.5) is 0 Å². The van der Waals surface area contributed by atoms with Gasteiger partial charge in [0.25, 0.3) is 0 Å². The first-order chi connectivity index (χ1) is 8.20. The van der Waals surface area contributed by atoms with E-state index in [9.17, 15) is 4.79 Å². The van der Waals surface area contributed by atoms with Gasteiger partial charge in [0.2, 0.25) is 5.91 Å². The Hall–Kier alpha value is -1.25. The SMILES string of the molecule is CC(c1ccco1)N(C)C(=O)C1CCCCC1. The van der Waals surface area contributed by atoms with E-state index in [0.29, 0.717) is 0 Å². The smallest absolute Gasteiger partial charge is 0.226 e. The zero-order valence-corrected chi connectivity index (χ0v) is 10.7. The molecule has 3 heteroatoms. The van der Waals surface area contributed by atoms with Crippen molar-refractivity contribution >= 4 is 5.91 Å². The molecule has 0 saturated heterocycles. The molecule has 1 fully saturated rings. The van der Waals surface area contributed by atoms with E-state index in [-0.39, 0.29) is 17.9 Å². The molecular formula is C14H21NO2. The normalized spacial score (nSPS) is 18.9. The van der Waals surface area contributed by atoms with Gasteiger partial charge in [0, 0.05) is 13.0 Å². The molecule has 1 amide bonds. The summed E-state index contributed by atoms with van der Waals surface area (Å²) in [5.41, 5.74) is 0. The van der Waals surface area contributed by atoms with Crippen molar-refractivity contribution < 1.29 is 9.21 Å². The van der Waals surface area contributed by atoms with Crippen LogP contribution in [0.15, 0.2) is 22.8 Å². The Morgan fingerprint density at radius 1 is 1.41 bits per heavy atom. The van der Waals surface area contributed by atoms with Gasteiger partial charge in [0.1, 0.15) is 5.76 Å². The van der Waals surface area contributed by atoms with Gasteiger partial charge in [-0.3, -0.25) is 4.79 Å². The molecule has 0 radical (unpaired) electrons. The third-order valence-electron chi connectivity index (χ3n) is 3.84. The highest BCUT2D eigenvalue weighted by atomic mass is 16.3. The molecule has 3 nitrogen and oxygen atoms in total. The lowest BCUT2D eigenvalue weighted by molar-refractivity contribution is -0.137. The fourth-order valence-corrected chi connectivity index (χ4v) is 2.55. The average molecular weight is 235 g/mol. The number of hydrogen-bond acceptors (Lipinski definition) is 2. The van der Waals surface area contributed by atoms with Crippen LogP contribution in [0.1, 0.15) is 50.8 Å². The molecule has 94 valence electrons. The molecule has 1 saturated carbocycles. The topological polar surface area (TPSA) is 33.5 Å². The van der Waals surface area contributed by atoms with Gasteiger partial charge in [-0.15, -0.1) is 0 Å². The van der Waals surface area contributed by atoms with Crippen LogP contribution in [0.5, 0.6) is 0 Å². The van der Waals surface area contributed by atoms with Crippen molar-refractivity contribution in [1.29, 1.82) is 0 Å². The van der Waals surface area contributed by atoms with E-state index in [2.05, 4.69) is 0 Å². The van der Waals surface area contributed by atoms with Crippen LogP contribution in [-0.2, 0) is 4.79 Å². The number of amides is 1. The summed E-state index contributed by atoms with van der Waals surface area (Å²) in [6, 6.07) is 3.82. The third-order valence-corrected chi connectivity index (χ3v) is 3.84. The van der Waals surface area contributed by atoms with Crippen molar-refractivity contribution in [3.05, 3.63) is 24.2 Å². The molecule has 0 aliphatic heterocycles. The molecule has 1 unspecified atom stereocenters. The Labute approximate surface area is 103 Å². The fourth-order valence-electron chi connectivity index (χ4n) is 2.55. The highest BCUT2D eigenvalue weighted by Crippen LogP contribution is 2.28. The van der Waals surface area contributed by atoms with Gasteiger partial charge in [-0.1, -0.05) is 19.3 Å². The number of hydrogen-bond donors (Lipinski definition) is 0. The summed E-state index contributed by atoms with van der Waals surface area (Å²) in [5.74, 6) is 1.36. The van der Waals surface area contributed by atoms with Gasteiger partial charge in [0.15, 0.2) is 0 Å². The van der Waals surface area contributed by atoms with Crippen molar-refractivity contribution in [2.24, 2.45) is 5.92 Å². The van der Waals surface area contributed by atoms with Crippen LogP contribution in [-0.4, -0.2) is 17.9 Å². The maximum atomic E-state index is 12.3. The largest absolute Gasteiger partial charge is 0.467 e. The van der Waals surface area contributed by atoms with Crippen LogP contribution in [0, 0.1) is 5.92 Å².